The van der Waals surface area contributed by atoms with Gasteiger partial charge in [0.2, 0.25) is 5.78 Å². The van der Waals surface area contributed by atoms with Gasteiger partial charge in [0.1, 0.15) is 0 Å². The van der Waals surface area contributed by atoms with Crippen LogP contribution in [0.5, 0.6) is 0 Å². The Bertz CT molecular complexity index is 913. The molecule has 1 aromatic heterocycles. The summed E-state index contributed by atoms with van der Waals surface area (Å²) in [5, 5.41) is 0. The molecule has 2 atom stereocenters. The monoisotopic (exact) mass is 375 g/mol. The van der Waals surface area contributed by atoms with E-state index in [0.717, 1.165) is 0 Å². The molecule has 0 aliphatic rings. The molecule has 26 heavy (non-hydrogen) atoms. The Hall–Kier alpha value is -2.54. The van der Waals surface area contributed by atoms with Crippen molar-refractivity contribution in [1.82, 2.24) is 4.98 Å². The van der Waals surface area contributed by atoms with Crippen LogP contribution in [0.2, 0.25) is 0 Å². The first-order valence-corrected chi connectivity index (χ1v) is 9.58. The van der Waals surface area contributed by atoms with Gasteiger partial charge in [0.15, 0.2) is 11.9 Å². The molecule has 0 aliphatic carbocycles. The van der Waals surface area contributed by atoms with E-state index in [0.29, 0.717) is 21.7 Å². The predicted molar refractivity (Wildman–Crippen MR) is 98.3 cm³/mol. The summed E-state index contributed by atoms with van der Waals surface area (Å²) < 4.78 is 17.0. The topological polar surface area (TPSA) is 93.3 Å². The van der Waals surface area contributed by atoms with Crippen molar-refractivity contribution in [2.75, 3.05) is 6.26 Å². The molecule has 0 amide bonds. The highest BCUT2D eigenvalue weighted by atomic mass is 32.2. The van der Waals surface area contributed by atoms with Gasteiger partial charge in [-0.05, 0) is 45.4 Å². The molecular formula is C19H21NO5S. The van der Waals surface area contributed by atoms with Gasteiger partial charge in [0, 0.05) is 17.5 Å². The fourth-order valence-electron chi connectivity index (χ4n) is 2.89. The second kappa shape index (κ2) is 7.78. The van der Waals surface area contributed by atoms with Gasteiger partial charge < -0.3 is 9.72 Å². The standard InChI is InChI=1S/C19H21NO5S/c1-10-16(12(3)21)11(2)20-17(10)18(22)13(4)25-19(23)14-8-6-7-9-15(14)26(5)24/h6-9,13,20H,1-5H3/t13-,26-/m0/s1. The Kier molecular flexibility index (Phi) is 5.92. The smallest absolute Gasteiger partial charge is 0.340 e. The number of ether oxygens (including phenoxy) is 1. The molecule has 0 aliphatic heterocycles. The average Bonchev–Trinajstić information content (AvgIpc) is 2.88. The summed E-state index contributed by atoms with van der Waals surface area (Å²) in [6.45, 7) is 6.29. The van der Waals surface area contributed by atoms with Crippen molar-refractivity contribution < 1.29 is 23.3 Å². The fraction of sp³-hybridized carbons (Fsp3) is 0.316. The Morgan fingerprint density at radius 3 is 2.31 bits per heavy atom. The predicted octanol–water partition coefficient (Wildman–Crippen LogP) is 3.00. The fourth-order valence-corrected chi connectivity index (χ4v) is 3.62. The summed E-state index contributed by atoms with van der Waals surface area (Å²) in [5.41, 5.74) is 2.03. The largest absolute Gasteiger partial charge is 0.451 e. The summed E-state index contributed by atoms with van der Waals surface area (Å²) in [4.78, 5) is 40.0. The highest BCUT2D eigenvalue weighted by Crippen LogP contribution is 2.21. The quantitative estimate of drug-likeness (QED) is 0.619. The number of nitrogens with one attached hydrogen (secondary N) is 1. The number of carbonyl (C=O) groups excluding carboxylic acids is 3. The van der Waals surface area contributed by atoms with E-state index >= 15 is 0 Å². The maximum Gasteiger partial charge on any atom is 0.340 e. The summed E-state index contributed by atoms with van der Waals surface area (Å²) in [7, 11) is -1.36. The van der Waals surface area contributed by atoms with Crippen LogP contribution in [-0.2, 0) is 15.5 Å². The van der Waals surface area contributed by atoms with E-state index in [1.165, 1.54) is 26.2 Å². The van der Waals surface area contributed by atoms with Crippen LogP contribution in [0.25, 0.3) is 0 Å². The number of hydrogen-bond donors (Lipinski definition) is 1. The summed E-state index contributed by atoms with van der Waals surface area (Å²) in [5.74, 6) is -1.29. The van der Waals surface area contributed by atoms with Crippen molar-refractivity contribution in [2.24, 2.45) is 0 Å². The number of carbonyl (C=O) groups is 3. The lowest BCUT2D eigenvalue weighted by molar-refractivity contribution is 0.0313. The van der Waals surface area contributed by atoms with Crippen LogP contribution in [0, 0.1) is 13.8 Å². The summed E-state index contributed by atoms with van der Waals surface area (Å²) in [6, 6.07) is 6.40. The zero-order valence-corrected chi connectivity index (χ0v) is 16.2. The Morgan fingerprint density at radius 2 is 1.77 bits per heavy atom. The SMILES string of the molecule is CC(=O)c1c(C)[nH]c(C(=O)[C@H](C)OC(=O)c2ccccc2[S@](C)=O)c1C. The number of esters is 1. The van der Waals surface area contributed by atoms with Gasteiger partial charge in [-0.1, -0.05) is 12.1 Å². The average molecular weight is 375 g/mol. The number of aryl methyl sites for hydroxylation is 1. The van der Waals surface area contributed by atoms with Crippen LogP contribution in [0.1, 0.15) is 56.3 Å². The maximum atomic E-state index is 12.7. The lowest BCUT2D eigenvalue weighted by Gasteiger charge is -2.13. The Morgan fingerprint density at radius 1 is 1.15 bits per heavy atom. The Balaban J connectivity index is 2.26. The van der Waals surface area contributed by atoms with Crippen LogP contribution in [0.4, 0.5) is 0 Å². The first-order valence-electron chi connectivity index (χ1n) is 8.02. The van der Waals surface area contributed by atoms with Gasteiger partial charge in [0.25, 0.3) is 0 Å². The molecule has 0 spiro atoms. The number of H-pyrrole nitrogens is 1. The second-order valence-electron chi connectivity index (χ2n) is 6.04. The van der Waals surface area contributed by atoms with Crippen LogP contribution >= 0.6 is 0 Å². The highest BCUT2D eigenvalue weighted by Gasteiger charge is 2.27. The molecule has 6 nitrogen and oxygen atoms in total. The lowest BCUT2D eigenvalue weighted by atomic mass is 10.0. The normalized spacial score (nSPS) is 13.1. The second-order valence-corrected chi connectivity index (χ2v) is 7.39. The molecule has 0 saturated carbocycles. The molecule has 0 bridgehead atoms. The Labute approximate surface area is 154 Å². The number of Topliss-reactive ketones (excluding diaryl/α,β-unsaturated/α-hetero) is 2. The van der Waals surface area contributed by atoms with Gasteiger partial charge in [-0.3, -0.25) is 13.8 Å². The minimum atomic E-state index is -1.36. The third kappa shape index (κ3) is 3.83. The van der Waals surface area contributed by atoms with Gasteiger partial charge in [-0.2, -0.15) is 0 Å². The number of aromatic amines is 1. The van der Waals surface area contributed by atoms with E-state index < -0.39 is 28.7 Å². The number of rotatable bonds is 6. The number of benzene rings is 1. The van der Waals surface area contributed by atoms with Gasteiger partial charge in [0.05, 0.1) is 27.0 Å². The van der Waals surface area contributed by atoms with E-state index in [9.17, 15) is 18.6 Å². The molecule has 2 rings (SSSR count). The third-order valence-electron chi connectivity index (χ3n) is 4.11. The lowest BCUT2D eigenvalue weighted by Crippen LogP contribution is -2.26. The first kappa shape index (κ1) is 19.8. The zero-order valence-electron chi connectivity index (χ0n) is 15.3. The van der Waals surface area contributed by atoms with Crippen molar-refractivity contribution in [3.05, 3.63) is 52.3 Å². The molecule has 7 heteroatoms. The van der Waals surface area contributed by atoms with Crippen molar-refractivity contribution in [1.29, 1.82) is 0 Å². The maximum absolute atomic E-state index is 12.7. The molecule has 2 aromatic rings. The molecule has 1 aromatic carbocycles. The zero-order chi connectivity index (χ0) is 19.6. The van der Waals surface area contributed by atoms with Crippen molar-refractivity contribution in [3.63, 3.8) is 0 Å². The molecule has 0 fully saturated rings. The minimum Gasteiger partial charge on any atom is -0.451 e. The van der Waals surface area contributed by atoms with Gasteiger partial charge in [-0.15, -0.1) is 0 Å². The summed E-state index contributed by atoms with van der Waals surface area (Å²) in [6.07, 6.45) is 0.409. The van der Waals surface area contributed by atoms with E-state index in [1.807, 2.05) is 0 Å². The van der Waals surface area contributed by atoms with Gasteiger partial charge >= 0.3 is 5.97 Å². The van der Waals surface area contributed by atoms with E-state index in [2.05, 4.69) is 4.98 Å². The van der Waals surface area contributed by atoms with E-state index in [4.69, 9.17) is 4.74 Å². The highest BCUT2D eigenvalue weighted by molar-refractivity contribution is 7.84. The van der Waals surface area contributed by atoms with Crippen LogP contribution in [-0.4, -0.2) is 39.1 Å². The van der Waals surface area contributed by atoms with Crippen LogP contribution < -0.4 is 0 Å². The van der Waals surface area contributed by atoms with E-state index in [1.54, 1.807) is 32.0 Å². The molecular weight excluding hydrogens is 354 g/mol. The van der Waals surface area contributed by atoms with Crippen LogP contribution in [0.15, 0.2) is 29.2 Å². The number of aromatic nitrogens is 1. The van der Waals surface area contributed by atoms with Crippen molar-refractivity contribution in [3.8, 4) is 0 Å². The van der Waals surface area contributed by atoms with Gasteiger partial charge in [-0.25, -0.2) is 4.79 Å². The molecule has 1 N–H and O–H groups in total. The van der Waals surface area contributed by atoms with E-state index in [-0.39, 0.29) is 17.0 Å². The third-order valence-corrected chi connectivity index (χ3v) is 5.08. The minimum absolute atomic E-state index is 0.140. The number of ketones is 2. The van der Waals surface area contributed by atoms with Crippen LogP contribution in [0.3, 0.4) is 0 Å². The molecule has 0 unspecified atom stereocenters. The molecule has 138 valence electrons. The van der Waals surface area contributed by atoms with Crippen molar-refractivity contribution in [2.45, 2.75) is 38.7 Å². The van der Waals surface area contributed by atoms with Crippen molar-refractivity contribution >= 4 is 28.3 Å². The number of hydrogen-bond acceptors (Lipinski definition) is 5. The molecule has 0 saturated heterocycles. The summed E-state index contributed by atoms with van der Waals surface area (Å²) >= 11 is 0. The molecule has 1 heterocycles. The molecule has 0 radical (unpaired) electrons. The first-order chi connectivity index (χ1) is 12.1.